The first-order valence-electron chi connectivity index (χ1n) is 10.1. The van der Waals surface area contributed by atoms with Crippen LogP contribution >= 0.6 is 11.6 Å². The van der Waals surface area contributed by atoms with E-state index in [2.05, 4.69) is 0 Å². The number of rotatable bonds is 5. The second kappa shape index (κ2) is 9.51. The molecular weight excluding hydrogens is 449 g/mol. The van der Waals surface area contributed by atoms with E-state index in [0.29, 0.717) is 16.1 Å². The number of ether oxygens (including phenoxy) is 1. The van der Waals surface area contributed by atoms with E-state index in [4.69, 9.17) is 16.3 Å². The quantitative estimate of drug-likeness (QED) is 0.279. The SMILES string of the molecule is O=C(OC(c1ccccc1)c1ccc(Cl)cc1)c1ccccc1-c1ccc(C(F)(F)F)cc1. The summed E-state index contributed by atoms with van der Waals surface area (Å²) in [6.45, 7) is 0. The fourth-order valence-electron chi connectivity index (χ4n) is 3.52. The zero-order chi connectivity index (χ0) is 23.4. The fraction of sp³-hybridized carbons (Fsp3) is 0.0741. The summed E-state index contributed by atoms with van der Waals surface area (Å²) >= 11 is 6.01. The Morgan fingerprint density at radius 3 is 1.94 bits per heavy atom. The highest BCUT2D eigenvalue weighted by molar-refractivity contribution is 6.30. The molecule has 0 saturated heterocycles. The average molecular weight is 467 g/mol. The summed E-state index contributed by atoms with van der Waals surface area (Å²) in [6.07, 6.45) is -5.12. The molecule has 0 saturated carbocycles. The van der Waals surface area contributed by atoms with Crippen LogP contribution < -0.4 is 0 Å². The Morgan fingerprint density at radius 2 is 1.30 bits per heavy atom. The van der Waals surface area contributed by atoms with E-state index in [-0.39, 0.29) is 5.56 Å². The molecule has 2 nitrogen and oxygen atoms in total. The lowest BCUT2D eigenvalue weighted by atomic mass is 9.98. The standard InChI is InChI=1S/C27H18ClF3O2/c28-22-16-12-20(13-17-22)25(19-6-2-1-3-7-19)33-26(32)24-9-5-4-8-23(24)18-10-14-21(15-11-18)27(29,30)31/h1-17,25H. The van der Waals surface area contributed by atoms with Gasteiger partial charge in [-0.15, -0.1) is 0 Å². The van der Waals surface area contributed by atoms with Crippen LogP contribution in [0.5, 0.6) is 0 Å². The van der Waals surface area contributed by atoms with Gasteiger partial charge in [-0.1, -0.05) is 84.4 Å². The van der Waals surface area contributed by atoms with Crippen LogP contribution in [0.4, 0.5) is 13.2 Å². The van der Waals surface area contributed by atoms with Crippen LogP contribution in [-0.2, 0) is 10.9 Å². The molecule has 0 spiro atoms. The van der Waals surface area contributed by atoms with Crippen LogP contribution in [0.15, 0.2) is 103 Å². The molecule has 0 amide bonds. The summed E-state index contributed by atoms with van der Waals surface area (Å²) in [5.41, 5.74) is 1.99. The first-order valence-corrected chi connectivity index (χ1v) is 10.5. The molecule has 1 atom stereocenters. The maximum absolute atomic E-state index is 13.3. The molecule has 0 radical (unpaired) electrons. The number of halogens is 4. The van der Waals surface area contributed by atoms with Crippen LogP contribution in [0.3, 0.4) is 0 Å². The van der Waals surface area contributed by atoms with Gasteiger partial charge in [-0.2, -0.15) is 13.2 Å². The van der Waals surface area contributed by atoms with E-state index in [9.17, 15) is 18.0 Å². The minimum atomic E-state index is -4.43. The van der Waals surface area contributed by atoms with E-state index >= 15 is 0 Å². The number of esters is 1. The molecule has 6 heteroatoms. The lowest BCUT2D eigenvalue weighted by Crippen LogP contribution is -2.14. The summed E-state index contributed by atoms with van der Waals surface area (Å²) in [7, 11) is 0. The number of alkyl halides is 3. The molecule has 0 aromatic heterocycles. The summed E-state index contributed by atoms with van der Waals surface area (Å²) in [4.78, 5) is 13.3. The van der Waals surface area contributed by atoms with Gasteiger partial charge in [0.15, 0.2) is 6.10 Å². The lowest BCUT2D eigenvalue weighted by Gasteiger charge is -2.20. The van der Waals surface area contributed by atoms with Gasteiger partial charge in [0.1, 0.15) is 0 Å². The number of hydrogen-bond acceptors (Lipinski definition) is 2. The van der Waals surface area contributed by atoms with Gasteiger partial charge in [-0.3, -0.25) is 0 Å². The summed E-state index contributed by atoms with van der Waals surface area (Å²) in [6, 6.07) is 27.7. The fourth-order valence-corrected chi connectivity index (χ4v) is 3.64. The van der Waals surface area contributed by atoms with Crippen molar-refractivity contribution >= 4 is 17.6 Å². The van der Waals surface area contributed by atoms with Crippen LogP contribution in [0.2, 0.25) is 5.02 Å². The zero-order valence-corrected chi connectivity index (χ0v) is 18.0. The molecule has 0 aliphatic rings. The first-order chi connectivity index (χ1) is 15.8. The van der Waals surface area contributed by atoms with Gasteiger partial charge in [0, 0.05) is 5.02 Å². The highest BCUT2D eigenvalue weighted by Crippen LogP contribution is 2.33. The van der Waals surface area contributed by atoms with Crippen LogP contribution in [0, 0.1) is 0 Å². The van der Waals surface area contributed by atoms with Crippen molar-refractivity contribution in [3.63, 3.8) is 0 Å². The molecule has 0 heterocycles. The van der Waals surface area contributed by atoms with Gasteiger partial charge in [0.25, 0.3) is 0 Å². The van der Waals surface area contributed by atoms with Crippen molar-refractivity contribution in [2.24, 2.45) is 0 Å². The predicted octanol–water partition coefficient (Wildman–Crippen LogP) is 7.97. The average Bonchev–Trinajstić information content (AvgIpc) is 2.83. The van der Waals surface area contributed by atoms with Gasteiger partial charge >= 0.3 is 12.1 Å². The van der Waals surface area contributed by atoms with Crippen molar-refractivity contribution < 1.29 is 22.7 Å². The molecular formula is C27H18ClF3O2. The molecule has 0 aliphatic carbocycles. The highest BCUT2D eigenvalue weighted by atomic mass is 35.5. The Balaban J connectivity index is 1.68. The van der Waals surface area contributed by atoms with Crippen molar-refractivity contribution in [3.8, 4) is 11.1 Å². The Kier molecular flexibility index (Phi) is 6.52. The molecule has 166 valence electrons. The number of carbonyl (C=O) groups excluding carboxylic acids is 1. The number of benzene rings is 4. The van der Waals surface area contributed by atoms with E-state index in [0.717, 1.165) is 23.3 Å². The van der Waals surface area contributed by atoms with Crippen LogP contribution in [-0.4, -0.2) is 5.97 Å². The van der Waals surface area contributed by atoms with Crippen LogP contribution in [0.25, 0.3) is 11.1 Å². The third-order valence-electron chi connectivity index (χ3n) is 5.17. The van der Waals surface area contributed by atoms with E-state index < -0.39 is 23.8 Å². The normalized spacial score (nSPS) is 12.2. The molecule has 4 aromatic rings. The highest BCUT2D eigenvalue weighted by Gasteiger charge is 2.30. The Labute approximate surface area is 194 Å². The van der Waals surface area contributed by atoms with Gasteiger partial charge in [0.2, 0.25) is 0 Å². The first kappa shape index (κ1) is 22.6. The molecule has 0 aliphatic heterocycles. The number of hydrogen-bond donors (Lipinski definition) is 0. The smallest absolute Gasteiger partial charge is 0.416 e. The third kappa shape index (κ3) is 5.26. The Hall–Kier alpha value is -3.57. The zero-order valence-electron chi connectivity index (χ0n) is 17.2. The third-order valence-corrected chi connectivity index (χ3v) is 5.42. The van der Waals surface area contributed by atoms with Gasteiger partial charge in [0.05, 0.1) is 11.1 Å². The maximum Gasteiger partial charge on any atom is 0.416 e. The van der Waals surface area contributed by atoms with Crippen molar-refractivity contribution in [1.29, 1.82) is 0 Å². The van der Waals surface area contributed by atoms with Crippen molar-refractivity contribution in [2.75, 3.05) is 0 Å². The topological polar surface area (TPSA) is 26.3 Å². The second-order valence-electron chi connectivity index (χ2n) is 7.37. The van der Waals surface area contributed by atoms with E-state index in [1.165, 1.54) is 12.1 Å². The monoisotopic (exact) mass is 466 g/mol. The predicted molar refractivity (Wildman–Crippen MR) is 122 cm³/mol. The molecule has 0 fully saturated rings. The maximum atomic E-state index is 13.3. The van der Waals surface area contributed by atoms with Gasteiger partial charge in [-0.25, -0.2) is 4.79 Å². The lowest BCUT2D eigenvalue weighted by molar-refractivity contribution is -0.137. The summed E-state index contributed by atoms with van der Waals surface area (Å²) in [5.74, 6) is -0.589. The van der Waals surface area contributed by atoms with E-state index in [1.54, 1.807) is 48.5 Å². The molecule has 4 rings (SSSR count). The van der Waals surface area contributed by atoms with Gasteiger partial charge in [-0.05, 0) is 52.6 Å². The number of carbonyl (C=O) groups is 1. The molecule has 0 N–H and O–H groups in total. The minimum absolute atomic E-state index is 0.257. The van der Waals surface area contributed by atoms with Crippen molar-refractivity contribution in [1.82, 2.24) is 0 Å². The van der Waals surface area contributed by atoms with Gasteiger partial charge < -0.3 is 4.74 Å². The minimum Gasteiger partial charge on any atom is -0.449 e. The van der Waals surface area contributed by atoms with Crippen molar-refractivity contribution in [3.05, 3.63) is 130 Å². The van der Waals surface area contributed by atoms with Crippen molar-refractivity contribution in [2.45, 2.75) is 12.3 Å². The largest absolute Gasteiger partial charge is 0.449 e. The summed E-state index contributed by atoms with van der Waals surface area (Å²) in [5, 5.41) is 0.560. The second-order valence-corrected chi connectivity index (χ2v) is 7.80. The molecule has 4 aromatic carbocycles. The molecule has 33 heavy (non-hydrogen) atoms. The molecule has 0 bridgehead atoms. The Morgan fingerprint density at radius 1 is 0.727 bits per heavy atom. The van der Waals surface area contributed by atoms with E-state index in [1.807, 2.05) is 30.3 Å². The summed E-state index contributed by atoms with van der Waals surface area (Å²) < 4.78 is 44.7. The van der Waals surface area contributed by atoms with Crippen LogP contribution in [0.1, 0.15) is 33.2 Å². The Bertz CT molecular complexity index is 1240. The molecule has 1 unspecified atom stereocenters.